The molecule has 1 unspecified atom stereocenters. The molecule has 5 heteroatoms. The minimum Gasteiger partial charge on any atom is -0.304 e. The van der Waals surface area contributed by atoms with Crippen molar-refractivity contribution in [2.24, 2.45) is 5.92 Å². The van der Waals surface area contributed by atoms with Crippen molar-refractivity contribution in [3.8, 4) is 0 Å². The largest absolute Gasteiger partial charge is 0.304 e. The molecule has 2 saturated heterocycles. The summed E-state index contributed by atoms with van der Waals surface area (Å²) in [5.41, 5.74) is 0. The minimum absolute atomic E-state index is 0.167. The molecule has 2 amide bonds. The molecule has 2 fully saturated rings. The van der Waals surface area contributed by atoms with Crippen molar-refractivity contribution in [2.75, 3.05) is 26.2 Å². The number of piperidine rings is 1. The van der Waals surface area contributed by atoms with E-state index >= 15 is 0 Å². The fourth-order valence-corrected chi connectivity index (χ4v) is 2.40. The van der Waals surface area contributed by atoms with Crippen LogP contribution in [0.25, 0.3) is 0 Å². The molecule has 2 aliphatic rings. The van der Waals surface area contributed by atoms with Crippen LogP contribution in [0.15, 0.2) is 0 Å². The zero-order valence-electron chi connectivity index (χ0n) is 10.4. The molecule has 0 saturated carbocycles. The van der Waals surface area contributed by atoms with E-state index < -0.39 is 0 Å². The molecule has 2 rings (SSSR count). The Balaban J connectivity index is 1.63. The highest BCUT2D eigenvalue weighted by Crippen LogP contribution is 2.15. The Morgan fingerprint density at radius 2 is 2.06 bits per heavy atom. The fourth-order valence-electron chi connectivity index (χ4n) is 2.40. The molecule has 0 aromatic rings. The molecule has 5 nitrogen and oxygen atoms in total. The summed E-state index contributed by atoms with van der Waals surface area (Å²) in [6.45, 7) is 6.34. The molecule has 0 aliphatic carbocycles. The molecule has 2 heterocycles. The molecule has 0 aromatic carbocycles. The third kappa shape index (κ3) is 3.51. The number of carbonyl (C=O) groups is 2. The number of amides is 2. The van der Waals surface area contributed by atoms with Crippen molar-refractivity contribution < 1.29 is 9.59 Å². The van der Waals surface area contributed by atoms with Crippen LogP contribution >= 0.6 is 0 Å². The molecule has 0 radical (unpaired) electrons. The fraction of sp³-hybridized carbons (Fsp3) is 0.833. The monoisotopic (exact) mass is 239 g/mol. The van der Waals surface area contributed by atoms with Gasteiger partial charge in [-0.3, -0.25) is 14.9 Å². The summed E-state index contributed by atoms with van der Waals surface area (Å²) in [5, 5.41) is 5.45. The summed E-state index contributed by atoms with van der Waals surface area (Å²) in [5.74, 6) is 0.499. The van der Waals surface area contributed by atoms with Crippen LogP contribution in [0.1, 0.15) is 26.2 Å². The van der Waals surface area contributed by atoms with Crippen molar-refractivity contribution in [2.45, 2.75) is 32.2 Å². The summed E-state index contributed by atoms with van der Waals surface area (Å²) in [6, 6.07) is -0.314. The second-order valence-corrected chi connectivity index (χ2v) is 5.15. The van der Waals surface area contributed by atoms with E-state index in [1.807, 2.05) is 0 Å². The van der Waals surface area contributed by atoms with Crippen LogP contribution in [0.4, 0.5) is 0 Å². The number of nitrogens with one attached hydrogen (secondary N) is 2. The van der Waals surface area contributed by atoms with Crippen LogP contribution in [-0.4, -0.2) is 48.9 Å². The van der Waals surface area contributed by atoms with Crippen LogP contribution in [0, 0.1) is 5.92 Å². The number of nitrogens with zero attached hydrogens (tertiary/aromatic N) is 1. The van der Waals surface area contributed by atoms with E-state index in [-0.39, 0.29) is 24.3 Å². The number of hydrogen-bond donors (Lipinski definition) is 2. The SMILES string of the molecule is CC1CCN(CCNC2CC(=O)NC2=O)CC1. The Labute approximate surface area is 102 Å². The first kappa shape index (κ1) is 12.5. The quantitative estimate of drug-likeness (QED) is 0.663. The smallest absolute Gasteiger partial charge is 0.244 e. The van der Waals surface area contributed by atoms with Crippen molar-refractivity contribution in [3.05, 3.63) is 0 Å². The normalized spacial score (nSPS) is 27.5. The lowest BCUT2D eigenvalue weighted by Gasteiger charge is -2.30. The second-order valence-electron chi connectivity index (χ2n) is 5.15. The Bertz CT molecular complexity index is 298. The lowest BCUT2D eigenvalue weighted by Crippen LogP contribution is -2.42. The second kappa shape index (κ2) is 5.60. The molecule has 0 aromatic heterocycles. The van der Waals surface area contributed by atoms with E-state index in [2.05, 4.69) is 22.5 Å². The van der Waals surface area contributed by atoms with Crippen LogP contribution in [0.5, 0.6) is 0 Å². The van der Waals surface area contributed by atoms with E-state index in [4.69, 9.17) is 0 Å². The van der Waals surface area contributed by atoms with Gasteiger partial charge in [0.25, 0.3) is 0 Å². The molecular formula is C12H21N3O2. The van der Waals surface area contributed by atoms with Crippen LogP contribution in [0.3, 0.4) is 0 Å². The van der Waals surface area contributed by atoms with E-state index in [0.717, 1.165) is 32.1 Å². The van der Waals surface area contributed by atoms with Crippen LogP contribution < -0.4 is 10.6 Å². The topological polar surface area (TPSA) is 61.4 Å². The van der Waals surface area contributed by atoms with Gasteiger partial charge in [0.2, 0.25) is 11.8 Å². The van der Waals surface area contributed by atoms with E-state index in [1.165, 1.54) is 12.8 Å². The first-order valence-electron chi connectivity index (χ1n) is 6.44. The first-order valence-corrected chi connectivity index (χ1v) is 6.44. The van der Waals surface area contributed by atoms with E-state index in [0.29, 0.717) is 0 Å². The molecule has 96 valence electrons. The lowest BCUT2D eigenvalue weighted by atomic mass is 9.99. The van der Waals surface area contributed by atoms with Crippen molar-refractivity contribution >= 4 is 11.8 Å². The molecule has 2 aliphatic heterocycles. The minimum atomic E-state index is -0.314. The predicted molar refractivity (Wildman–Crippen MR) is 64.4 cm³/mol. The van der Waals surface area contributed by atoms with Crippen molar-refractivity contribution in [1.82, 2.24) is 15.5 Å². The van der Waals surface area contributed by atoms with Crippen molar-refractivity contribution in [3.63, 3.8) is 0 Å². The van der Waals surface area contributed by atoms with Gasteiger partial charge in [0.1, 0.15) is 0 Å². The maximum Gasteiger partial charge on any atom is 0.244 e. The van der Waals surface area contributed by atoms with Gasteiger partial charge in [0, 0.05) is 13.1 Å². The van der Waals surface area contributed by atoms with Crippen LogP contribution in [0.2, 0.25) is 0 Å². The molecule has 0 spiro atoms. The van der Waals surface area contributed by atoms with Gasteiger partial charge in [-0.15, -0.1) is 0 Å². The number of carbonyl (C=O) groups excluding carboxylic acids is 2. The molecule has 0 bridgehead atoms. The Hall–Kier alpha value is -0.940. The lowest BCUT2D eigenvalue weighted by molar-refractivity contribution is -0.125. The van der Waals surface area contributed by atoms with Crippen molar-refractivity contribution in [1.29, 1.82) is 0 Å². The number of likely N-dealkylation sites (tertiary alicyclic amines) is 1. The summed E-state index contributed by atoms with van der Waals surface area (Å²) in [6.07, 6.45) is 2.82. The molecular weight excluding hydrogens is 218 g/mol. The Morgan fingerprint density at radius 1 is 1.35 bits per heavy atom. The van der Waals surface area contributed by atoms with Gasteiger partial charge in [-0.2, -0.15) is 0 Å². The summed E-state index contributed by atoms with van der Waals surface area (Å²) in [4.78, 5) is 24.7. The molecule has 2 N–H and O–H groups in total. The highest BCUT2D eigenvalue weighted by molar-refractivity contribution is 6.05. The highest BCUT2D eigenvalue weighted by atomic mass is 16.2. The molecule has 17 heavy (non-hydrogen) atoms. The van der Waals surface area contributed by atoms with E-state index in [1.54, 1.807) is 0 Å². The van der Waals surface area contributed by atoms with Gasteiger partial charge >= 0.3 is 0 Å². The first-order chi connectivity index (χ1) is 8.15. The molecule has 1 atom stereocenters. The van der Waals surface area contributed by atoms with Gasteiger partial charge in [-0.25, -0.2) is 0 Å². The number of hydrogen-bond acceptors (Lipinski definition) is 4. The standard InChI is InChI=1S/C12H21N3O2/c1-9-2-5-15(6-3-9)7-4-13-10-8-11(16)14-12(10)17/h9-10,13H,2-8H2,1H3,(H,14,16,17). The zero-order chi connectivity index (χ0) is 12.3. The zero-order valence-corrected chi connectivity index (χ0v) is 10.4. The Kier molecular flexibility index (Phi) is 4.12. The number of imide groups is 1. The maximum absolute atomic E-state index is 11.3. The van der Waals surface area contributed by atoms with Gasteiger partial charge in [-0.05, 0) is 31.8 Å². The van der Waals surface area contributed by atoms with Gasteiger partial charge in [0.05, 0.1) is 12.5 Å². The predicted octanol–water partition coefficient (Wildman–Crippen LogP) is -0.277. The summed E-state index contributed by atoms with van der Waals surface area (Å²) in [7, 11) is 0. The third-order valence-electron chi connectivity index (χ3n) is 3.66. The summed E-state index contributed by atoms with van der Waals surface area (Å²) >= 11 is 0. The maximum atomic E-state index is 11.3. The van der Waals surface area contributed by atoms with Gasteiger partial charge < -0.3 is 10.2 Å². The summed E-state index contributed by atoms with van der Waals surface area (Å²) < 4.78 is 0. The third-order valence-corrected chi connectivity index (χ3v) is 3.66. The average molecular weight is 239 g/mol. The van der Waals surface area contributed by atoms with Gasteiger partial charge in [-0.1, -0.05) is 6.92 Å². The highest BCUT2D eigenvalue weighted by Gasteiger charge is 2.29. The van der Waals surface area contributed by atoms with E-state index in [9.17, 15) is 9.59 Å². The van der Waals surface area contributed by atoms with Crippen LogP contribution in [-0.2, 0) is 9.59 Å². The Morgan fingerprint density at radius 3 is 2.65 bits per heavy atom. The average Bonchev–Trinajstić information content (AvgIpc) is 2.60. The van der Waals surface area contributed by atoms with Gasteiger partial charge in [0.15, 0.2) is 0 Å². The number of rotatable bonds is 4.